The van der Waals surface area contributed by atoms with Crippen molar-refractivity contribution in [1.82, 2.24) is 14.5 Å². The third-order valence-electron chi connectivity index (χ3n) is 5.11. The molecule has 3 aromatic rings. The molecule has 0 unspecified atom stereocenters. The lowest BCUT2D eigenvalue weighted by molar-refractivity contribution is 0.529. The van der Waals surface area contributed by atoms with Crippen molar-refractivity contribution in [3.05, 3.63) is 70.2 Å². The van der Waals surface area contributed by atoms with Crippen LogP contribution in [0, 0.1) is 0 Å². The summed E-state index contributed by atoms with van der Waals surface area (Å²) in [6, 6.07) is 11.9. The van der Waals surface area contributed by atoms with Gasteiger partial charge in [-0.1, -0.05) is 6.07 Å². The summed E-state index contributed by atoms with van der Waals surface area (Å²) in [6.07, 6.45) is 6.19. The van der Waals surface area contributed by atoms with Crippen molar-refractivity contribution in [2.45, 2.75) is 43.5 Å². The van der Waals surface area contributed by atoms with Gasteiger partial charge in [-0.05, 0) is 73.6 Å². The number of sulfonamides is 1. The number of fused-ring (bicyclic) bond motifs is 1. The van der Waals surface area contributed by atoms with Gasteiger partial charge in [0.2, 0.25) is 10.0 Å². The molecule has 0 amide bonds. The van der Waals surface area contributed by atoms with Crippen LogP contribution in [0.2, 0.25) is 0 Å². The fourth-order valence-electron chi connectivity index (χ4n) is 3.56. The van der Waals surface area contributed by atoms with Crippen molar-refractivity contribution in [3.63, 3.8) is 0 Å². The van der Waals surface area contributed by atoms with Gasteiger partial charge in [0.25, 0.3) is 5.56 Å². The highest BCUT2D eigenvalue weighted by atomic mass is 32.2. The van der Waals surface area contributed by atoms with Crippen LogP contribution in [0.3, 0.4) is 0 Å². The largest absolute Gasteiger partial charge is 0.463 e. The SMILES string of the molecule is O=c1ccc(-c2ccco2)nn1CCCNS(=O)(=O)c1ccc2c(c1)CCCC2. The number of rotatable bonds is 7. The number of hydrogen-bond donors (Lipinski definition) is 1. The molecule has 7 nitrogen and oxygen atoms in total. The smallest absolute Gasteiger partial charge is 0.266 e. The molecule has 0 saturated heterocycles. The summed E-state index contributed by atoms with van der Waals surface area (Å²) >= 11 is 0. The van der Waals surface area contributed by atoms with Gasteiger partial charge in [-0.3, -0.25) is 4.79 Å². The van der Waals surface area contributed by atoms with Gasteiger partial charge in [0, 0.05) is 19.2 Å². The molecule has 0 radical (unpaired) electrons. The minimum atomic E-state index is -3.57. The fourth-order valence-corrected chi connectivity index (χ4v) is 4.68. The molecule has 2 aromatic heterocycles. The molecule has 8 heteroatoms. The molecule has 2 heterocycles. The molecule has 152 valence electrons. The van der Waals surface area contributed by atoms with Gasteiger partial charge in [0.15, 0.2) is 5.76 Å². The van der Waals surface area contributed by atoms with Gasteiger partial charge < -0.3 is 4.42 Å². The predicted molar refractivity (Wildman–Crippen MR) is 109 cm³/mol. The van der Waals surface area contributed by atoms with Crippen LogP contribution in [0.5, 0.6) is 0 Å². The van der Waals surface area contributed by atoms with Crippen molar-refractivity contribution in [2.24, 2.45) is 0 Å². The van der Waals surface area contributed by atoms with Crippen molar-refractivity contribution in [2.75, 3.05) is 6.54 Å². The van der Waals surface area contributed by atoms with E-state index in [1.807, 2.05) is 6.07 Å². The highest BCUT2D eigenvalue weighted by Crippen LogP contribution is 2.24. The third kappa shape index (κ3) is 4.49. The minimum Gasteiger partial charge on any atom is -0.463 e. The number of benzene rings is 1. The van der Waals surface area contributed by atoms with Gasteiger partial charge in [-0.2, -0.15) is 5.10 Å². The van der Waals surface area contributed by atoms with Gasteiger partial charge in [0.05, 0.1) is 11.2 Å². The maximum Gasteiger partial charge on any atom is 0.266 e. The standard InChI is InChI=1S/C21H23N3O4S/c25-21-11-10-19(20-7-3-14-28-20)23-24(21)13-4-12-22-29(26,27)18-9-8-16-5-1-2-6-17(16)15-18/h3,7-11,14-15,22H,1-2,4-6,12-13H2. The van der Waals surface area contributed by atoms with Crippen molar-refractivity contribution in [1.29, 1.82) is 0 Å². The lowest BCUT2D eigenvalue weighted by atomic mass is 9.92. The average molecular weight is 413 g/mol. The molecular formula is C21H23N3O4S. The van der Waals surface area contributed by atoms with Crippen molar-refractivity contribution in [3.8, 4) is 11.5 Å². The van der Waals surface area contributed by atoms with Crippen molar-refractivity contribution < 1.29 is 12.8 Å². The molecule has 1 N–H and O–H groups in total. The highest BCUT2D eigenvalue weighted by molar-refractivity contribution is 7.89. The predicted octanol–water partition coefficient (Wildman–Crippen LogP) is 2.75. The highest BCUT2D eigenvalue weighted by Gasteiger charge is 2.17. The van der Waals surface area contributed by atoms with E-state index in [9.17, 15) is 13.2 Å². The van der Waals surface area contributed by atoms with E-state index in [1.54, 1.807) is 36.6 Å². The van der Waals surface area contributed by atoms with E-state index in [1.165, 1.54) is 16.3 Å². The summed E-state index contributed by atoms with van der Waals surface area (Å²) in [5.74, 6) is 0.576. The zero-order valence-corrected chi connectivity index (χ0v) is 16.8. The Bertz CT molecular complexity index is 1150. The van der Waals surface area contributed by atoms with Gasteiger partial charge >= 0.3 is 0 Å². The normalized spacial score (nSPS) is 13.9. The monoisotopic (exact) mass is 413 g/mol. The van der Waals surface area contributed by atoms with Crippen LogP contribution in [-0.2, 0) is 29.4 Å². The second-order valence-corrected chi connectivity index (χ2v) is 8.91. The molecule has 0 spiro atoms. The maximum absolute atomic E-state index is 12.6. The van der Waals surface area contributed by atoms with E-state index < -0.39 is 10.0 Å². The Kier molecular flexibility index (Phi) is 5.64. The van der Waals surface area contributed by atoms with E-state index in [-0.39, 0.29) is 12.1 Å². The minimum absolute atomic E-state index is 0.221. The quantitative estimate of drug-likeness (QED) is 0.601. The Hall–Kier alpha value is -2.71. The Labute approximate surface area is 169 Å². The number of aryl methyl sites for hydroxylation is 3. The van der Waals surface area contributed by atoms with Crippen molar-refractivity contribution >= 4 is 10.0 Å². The first-order valence-corrected chi connectivity index (χ1v) is 11.2. The van der Waals surface area contributed by atoms with Crippen LogP contribution in [0.4, 0.5) is 0 Å². The third-order valence-corrected chi connectivity index (χ3v) is 6.57. The summed E-state index contributed by atoms with van der Waals surface area (Å²) in [6.45, 7) is 0.526. The number of nitrogens with zero attached hydrogens (tertiary/aromatic N) is 2. The van der Waals surface area contributed by atoms with Gasteiger partial charge in [-0.15, -0.1) is 0 Å². The van der Waals surface area contributed by atoms with Crippen LogP contribution >= 0.6 is 0 Å². The molecule has 1 aliphatic carbocycles. The molecule has 0 saturated carbocycles. The van der Waals surface area contributed by atoms with Crippen LogP contribution in [-0.4, -0.2) is 24.7 Å². The second-order valence-electron chi connectivity index (χ2n) is 7.15. The molecular weight excluding hydrogens is 390 g/mol. The summed E-state index contributed by atoms with van der Waals surface area (Å²) in [5, 5.41) is 4.29. The van der Waals surface area contributed by atoms with Crippen LogP contribution in [0.15, 0.2) is 62.8 Å². The van der Waals surface area contributed by atoms with Gasteiger partial charge in [0.1, 0.15) is 5.69 Å². The Morgan fingerprint density at radius 3 is 2.69 bits per heavy atom. The summed E-state index contributed by atoms with van der Waals surface area (Å²) in [4.78, 5) is 12.3. The zero-order valence-electron chi connectivity index (χ0n) is 16.0. The Morgan fingerprint density at radius 2 is 1.90 bits per heavy atom. The molecule has 0 atom stereocenters. The summed E-state index contributed by atoms with van der Waals surface area (Å²) in [5.41, 5.74) is 2.70. The first-order chi connectivity index (χ1) is 14.0. The number of furan rings is 1. The molecule has 29 heavy (non-hydrogen) atoms. The number of aromatic nitrogens is 2. The molecule has 0 bridgehead atoms. The maximum atomic E-state index is 12.6. The first kappa shape index (κ1) is 19.6. The van der Waals surface area contributed by atoms with E-state index >= 15 is 0 Å². The lowest BCUT2D eigenvalue weighted by Gasteiger charge is -2.16. The number of nitrogens with one attached hydrogen (secondary N) is 1. The molecule has 4 rings (SSSR count). The number of hydrogen-bond acceptors (Lipinski definition) is 5. The van der Waals surface area contributed by atoms with Crippen LogP contribution in [0.1, 0.15) is 30.4 Å². The summed E-state index contributed by atoms with van der Waals surface area (Å²) in [7, 11) is -3.57. The second kappa shape index (κ2) is 8.34. The average Bonchev–Trinajstić information content (AvgIpc) is 3.27. The molecule has 0 aliphatic heterocycles. The molecule has 0 fully saturated rings. The van der Waals surface area contributed by atoms with E-state index in [2.05, 4.69) is 9.82 Å². The van der Waals surface area contributed by atoms with Crippen LogP contribution < -0.4 is 10.3 Å². The van der Waals surface area contributed by atoms with E-state index in [0.29, 0.717) is 29.3 Å². The summed E-state index contributed by atoms with van der Waals surface area (Å²) < 4.78 is 34.4. The van der Waals surface area contributed by atoms with E-state index in [4.69, 9.17) is 4.42 Å². The fraction of sp³-hybridized carbons (Fsp3) is 0.333. The molecule has 1 aromatic carbocycles. The zero-order chi connectivity index (χ0) is 20.3. The Morgan fingerprint density at radius 1 is 1.07 bits per heavy atom. The lowest BCUT2D eigenvalue weighted by Crippen LogP contribution is -2.28. The topological polar surface area (TPSA) is 94.2 Å². The Balaban J connectivity index is 1.38. The molecule has 1 aliphatic rings. The van der Waals surface area contributed by atoms with E-state index in [0.717, 1.165) is 31.2 Å². The van der Waals surface area contributed by atoms with Gasteiger partial charge in [-0.25, -0.2) is 17.8 Å². The van der Waals surface area contributed by atoms with Crippen LogP contribution in [0.25, 0.3) is 11.5 Å². The first-order valence-electron chi connectivity index (χ1n) is 9.76.